The second kappa shape index (κ2) is 5.93. The van der Waals surface area contributed by atoms with Crippen molar-refractivity contribution in [3.05, 3.63) is 64.6 Å². The van der Waals surface area contributed by atoms with Crippen molar-refractivity contribution >= 4 is 38.9 Å². The first-order valence-corrected chi connectivity index (χ1v) is 7.15. The zero-order valence-electron chi connectivity index (χ0n) is 11.0. The predicted octanol–water partition coefficient (Wildman–Crippen LogP) is 4.15. The molecule has 5 heteroatoms. The van der Waals surface area contributed by atoms with Gasteiger partial charge in [0.25, 0.3) is 0 Å². The number of phenolic OH excluding ortho intramolecular Hbond substituents is 1. The summed E-state index contributed by atoms with van der Waals surface area (Å²) in [6.45, 7) is 0. The van der Waals surface area contributed by atoms with E-state index in [4.69, 9.17) is 0 Å². The predicted molar refractivity (Wildman–Crippen MR) is 88.8 cm³/mol. The van der Waals surface area contributed by atoms with Gasteiger partial charge in [-0.05, 0) is 36.4 Å². The van der Waals surface area contributed by atoms with Gasteiger partial charge in [-0.3, -0.25) is 5.43 Å². The molecule has 0 amide bonds. The molecular weight excluding hydrogens is 330 g/mol. The maximum atomic E-state index is 9.72. The Morgan fingerprint density at radius 1 is 1.10 bits per heavy atom. The molecule has 0 atom stereocenters. The van der Waals surface area contributed by atoms with Crippen molar-refractivity contribution in [1.82, 2.24) is 4.98 Å². The van der Waals surface area contributed by atoms with Crippen molar-refractivity contribution in [1.29, 1.82) is 0 Å². The summed E-state index contributed by atoms with van der Waals surface area (Å²) in [6.07, 6.45) is 1.55. The van der Waals surface area contributed by atoms with Gasteiger partial charge in [0.05, 0.1) is 11.7 Å². The fourth-order valence-corrected chi connectivity index (χ4v) is 2.30. The van der Waals surface area contributed by atoms with E-state index >= 15 is 0 Å². The van der Waals surface area contributed by atoms with Gasteiger partial charge in [-0.15, -0.1) is 0 Å². The molecule has 104 valence electrons. The number of benzene rings is 2. The van der Waals surface area contributed by atoms with E-state index in [1.54, 1.807) is 24.4 Å². The summed E-state index contributed by atoms with van der Waals surface area (Å²) in [5, 5.41) is 14.9. The highest BCUT2D eigenvalue weighted by atomic mass is 79.9. The van der Waals surface area contributed by atoms with Crippen molar-refractivity contribution < 1.29 is 5.11 Å². The standard InChI is InChI=1S/C16H12BrN3O/c17-13-6-7-15(21)12(9-13)10-18-20-16-8-5-11-3-1-2-4-14(11)19-16/h1-10,21H,(H,19,20)/b18-10+. The smallest absolute Gasteiger partial charge is 0.146 e. The monoisotopic (exact) mass is 341 g/mol. The first kappa shape index (κ1) is 13.6. The third-order valence-electron chi connectivity index (χ3n) is 2.97. The van der Waals surface area contributed by atoms with Crippen LogP contribution in [0.5, 0.6) is 5.75 Å². The zero-order chi connectivity index (χ0) is 14.7. The van der Waals surface area contributed by atoms with E-state index in [0.29, 0.717) is 11.4 Å². The SMILES string of the molecule is Oc1ccc(Br)cc1/C=N/Nc1ccc2ccccc2n1. The lowest BCUT2D eigenvalue weighted by Crippen LogP contribution is -1.94. The second-order valence-corrected chi connectivity index (χ2v) is 5.38. The number of aromatic nitrogens is 1. The quantitative estimate of drug-likeness (QED) is 0.555. The number of pyridine rings is 1. The zero-order valence-corrected chi connectivity index (χ0v) is 12.6. The van der Waals surface area contributed by atoms with Crippen LogP contribution in [0.3, 0.4) is 0 Å². The van der Waals surface area contributed by atoms with Crippen molar-refractivity contribution in [2.75, 3.05) is 5.43 Å². The van der Waals surface area contributed by atoms with E-state index in [1.165, 1.54) is 0 Å². The number of hydrogen-bond acceptors (Lipinski definition) is 4. The molecule has 0 spiro atoms. The van der Waals surface area contributed by atoms with Gasteiger partial charge in [0, 0.05) is 15.4 Å². The summed E-state index contributed by atoms with van der Waals surface area (Å²) in [5.74, 6) is 0.828. The number of fused-ring (bicyclic) bond motifs is 1. The molecule has 0 saturated carbocycles. The molecule has 0 unspecified atom stereocenters. The lowest BCUT2D eigenvalue weighted by Gasteiger charge is -2.02. The van der Waals surface area contributed by atoms with Gasteiger partial charge >= 0.3 is 0 Å². The summed E-state index contributed by atoms with van der Waals surface area (Å²) < 4.78 is 0.880. The van der Waals surface area contributed by atoms with Crippen LogP contribution in [0.15, 0.2) is 64.2 Å². The molecule has 3 aromatic rings. The third kappa shape index (κ3) is 3.20. The number of para-hydroxylation sites is 1. The molecular formula is C16H12BrN3O. The maximum absolute atomic E-state index is 9.72. The molecule has 0 saturated heterocycles. The van der Waals surface area contributed by atoms with Gasteiger partial charge in [0.2, 0.25) is 0 Å². The van der Waals surface area contributed by atoms with Crippen LogP contribution in [0, 0.1) is 0 Å². The Morgan fingerprint density at radius 2 is 1.95 bits per heavy atom. The molecule has 2 N–H and O–H groups in total. The molecule has 0 bridgehead atoms. The second-order valence-electron chi connectivity index (χ2n) is 4.46. The Bertz CT molecular complexity index is 817. The number of phenols is 1. The van der Waals surface area contributed by atoms with E-state index in [9.17, 15) is 5.11 Å². The minimum absolute atomic E-state index is 0.176. The Balaban J connectivity index is 1.79. The summed E-state index contributed by atoms with van der Waals surface area (Å²) >= 11 is 3.35. The van der Waals surface area contributed by atoms with Crippen LogP contribution in [0.2, 0.25) is 0 Å². The Hall–Kier alpha value is -2.40. The summed E-state index contributed by atoms with van der Waals surface area (Å²) in [6, 6.07) is 16.9. The highest BCUT2D eigenvalue weighted by molar-refractivity contribution is 9.10. The van der Waals surface area contributed by atoms with Crippen LogP contribution >= 0.6 is 15.9 Å². The fraction of sp³-hybridized carbons (Fsp3) is 0. The Kier molecular flexibility index (Phi) is 3.83. The van der Waals surface area contributed by atoms with Crippen molar-refractivity contribution in [2.45, 2.75) is 0 Å². The minimum atomic E-state index is 0.176. The summed E-state index contributed by atoms with van der Waals surface area (Å²) in [4.78, 5) is 4.45. The topological polar surface area (TPSA) is 57.5 Å². The molecule has 4 nitrogen and oxygen atoms in total. The van der Waals surface area contributed by atoms with E-state index in [-0.39, 0.29) is 5.75 Å². The number of halogens is 1. The highest BCUT2D eigenvalue weighted by Crippen LogP contribution is 2.20. The number of rotatable bonds is 3. The van der Waals surface area contributed by atoms with E-state index < -0.39 is 0 Å². The molecule has 3 rings (SSSR count). The lowest BCUT2D eigenvalue weighted by molar-refractivity contribution is 0.474. The lowest BCUT2D eigenvalue weighted by atomic mass is 10.2. The average molecular weight is 342 g/mol. The van der Waals surface area contributed by atoms with E-state index in [1.807, 2.05) is 36.4 Å². The third-order valence-corrected chi connectivity index (χ3v) is 3.46. The molecule has 21 heavy (non-hydrogen) atoms. The number of hydrazone groups is 1. The molecule has 1 aromatic heterocycles. The molecule has 0 aliphatic heterocycles. The van der Waals surface area contributed by atoms with Gasteiger partial charge in [0.15, 0.2) is 0 Å². The molecule has 0 aliphatic carbocycles. The average Bonchev–Trinajstić information content (AvgIpc) is 2.50. The molecule has 2 aromatic carbocycles. The minimum Gasteiger partial charge on any atom is -0.507 e. The van der Waals surface area contributed by atoms with E-state index in [2.05, 4.69) is 31.4 Å². The number of aromatic hydroxyl groups is 1. The molecule has 0 radical (unpaired) electrons. The van der Waals surface area contributed by atoms with Gasteiger partial charge in [-0.1, -0.05) is 34.1 Å². The van der Waals surface area contributed by atoms with Gasteiger partial charge < -0.3 is 5.11 Å². The summed E-state index contributed by atoms with van der Waals surface area (Å²) in [5.41, 5.74) is 4.39. The molecule has 0 fully saturated rings. The van der Waals surface area contributed by atoms with Gasteiger partial charge in [-0.2, -0.15) is 5.10 Å². The van der Waals surface area contributed by atoms with Gasteiger partial charge in [0.1, 0.15) is 11.6 Å². The largest absolute Gasteiger partial charge is 0.507 e. The number of anilines is 1. The Morgan fingerprint density at radius 3 is 2.86 bits per heavy atom. The van der Waals surface area contributed by atoms with Crippen LogP contribution in [0.25, 0.3) is 10.9 Å². The first-order valence-electron chi connectivity index (χ1n) is 6.36. The maximum Gasteiger partial charge on any atom is 0.146 e. The first-order chi connectivity index (χ1) is 10.2. The Labute approximate surface area is 130 Å². The van der Waals surface area contributed by atoms with Crippen molar-refractivity contribution in [2.24, 2.45) is 5.10 Å². The molecule has 0 aliphatic rings. The fourth-order valence-electron chi connectivity index (χ4n) is 1.93. The highest BCUT2D eigenvalue weighted by Gasteiger charge is 1.99. The van der Waals surface area contributed by atoms with Gasteiger partial charge in [-0.25, -0.2) is 4.98 Å². The molecule has 1 heterocycles. The van der Waals surface area contributed by atoms with Crippen LogP contribution in [-0.2, 0) is 0 Å². The van der Waals surface area contributed by atoms with E-state index in [0.717, 1.165) is 15.4 Å². The number of nitrogens with one attached hydrogen (secondary N) is 1. The number of hydrogen-bond donors (Lipinski definition) is 2. The van der Waals surface area contributed by atoms with Crippen molar-refractivity contribution in [3.63, 3.8) is 0 Å². The number of nitrogens with zero attached hydrogens (tertiary/aromatic N) is 2. The summed E-state index contributed by atoms with van der Waals surface area (Å²) in [7, 11) is 0. The van der Waals surface area contributed by atoms with Crippen LogP contribution in [-0.4, -0.2) is 16.3 Å². The van der Waals surface area contributed by atoms with Crippen LogP contribution < -0.4 is 5.43 Å². The normalized spacial score (nSPS) is 11.1. The van der Waals surface area contributed by atoms with Crippen molar-refractivity contribution in [3.8, 4) is 5.75 Å². The van der Waals surface area contributed by atoms with Crippen LogP contribution in [0.1, 0.15) is 5.56 Å². The van der Waals surface area contributed by atoms with Crippen LogP contribution in [0.4, 0.5) is 5.82 Å².